The van der Waals surface area contributed by atoms with E-state index >= 15 is 0 Å². The van der Waals surface area contributed by atoms with Gasteiger partial charge in [0.2, 0.25) is 0 Å². The van der Waals surface area contributed by atoms with E-state index in [0.717, 1.165) is 17.5 Å². The largest absolute Gasteiger partial charge is 0.309 e. The zero-order valence-electron chi connectivity index (χ0n) is 9.36. The quantitative estimate of drug-likeness (QED) is 0.850. The fraction of sp³-hybridized carbons (Fsp3) is 0.583. The summed E-state index contributed by atoms with van der Waals surface area (Å²) in [6, 6.07) is 4.91. The van der Waals surface area contributed by atoms with Gasteiger partial charge in [0.05, 0.1) is 0 Å². The van der Waals surface area contributed by atoms with Crippen molar-refractivity contribution < 1.29 is 0 Å². The van der Waals surface area contributed by atoms with Crippen molar-refractivity contribution in [2.45, 2.75) is 38.1 Å². The van der Waals surface area contributed by atoms with E-state index in [-0.39, 0.29) is 0 Å². The van der Waals surface area contributed by atoms with Gasteiger partial charge in [0.1, 0.15) is 0 Å². The predicted molar refractivity (Wildman–Crippen MR) is 66.1 cm³/mol. The highest BCUT2D eigenvalue weighted by atomic mass is 32.2. The lowest BCUT2D eigenvalue weighted by Gasteiger charge is -2.16. The zero-order valence-corrected chi connectivity index (χ0v) is 10.2. The summed E-state index contributed by atoms with van der Waals surface area (Å²) in [6.07, 6.45) is 3.26. The zero-order chi connectivity index (χ0) is 10.7. The minimum atomic E-state index is 0.677. The van der Waals surface area contributed by atoms with Gasteiger partial charge in [0, 0.05) is 29.7 Å². The van der Waals surface area contributed by atoms with E-state index < -0.39 is 0 Å². The number of hydrogen-bond donors (Lipinski definition) is 1. The first-order valence-corrected chi connectivity index (χ1v) is 6.57. The number of rotatable bonds is 3. The molecule has 82 valence electrons. The van der Waals surface area contributed by atoms with Crippen LogP contribution in [0, 0.1) is 6.92 Å². The summed E-state index contributed by atoms with van der Waals surface area (Å²) in [7, 11) is 0. The van der Waals surface area contributed by atoms with Crippen LogP contribution in [0.2, 0.25) is 0 Å². The summed E-state index contributed by atoms with van der Waals surface area (Å²) in [6.45, 7) is 5.28. The lowest BCUT2D eigenvalue weighted by atomic mass is 10.1. The number of aryl methyl sites for hydroxylation is 1. The monoisotopic (exact) mass is 222 g/mol. The van der Waals surface area contributed by atoms with Gasteiger partial charge in [-0.25, -0.2) is 0 Å². The predicted octanol–water partition coefficient (Wildman–Crippen LogP) is 2.37. The van der Waals surface area contributed by atoms with Crippen LogP contribution in [-0.4, -0.2) is 22.0 Å². The number of pyridine rings is 1. The molecule has 0 radical (unpaired) electrons. The molecule has 15 heavy (non-hydrogen) atoms. The van der Waals surface area contributed by atoms with Crippen molar-refractivity contribution in [3.63, 3.8) is 0 Å². The van der Waals surface area contributed by atoms with Crippen LogP contribution >= 0.6 is 11.8 Å². The number of nitrogens with zero attached hydrogens (tertiary/aromatic N) is 1. The summed E-state index contributed by atoms with van der Waals surface area (Å²) in [4.78, 5) is 4.30. The normalized spacial score (nSPS) is 25.7. The smallest absolute Gasteiger partial charge is 0.0372 e. The maximum absolute atomic E-state index is 4.30. The molecule has 0 spiro atoms. The summed E-state index contributed by atoms with van der Waals surface area (Å²) in [5.74, 6) is 1.30. The van der Waals surface area contributed by atoms with Crippen LogP contribution in [0.4, 0.5) is 0 Å². The van der Waals surface area contributed by atoms with Crippen LogP contribution in [0.25, 0.3) is 0 Å². The molecule has 0 aromatic carbocycles. The molecule has 1 aromatic rings. The Bertz CT molecular complexity index is 310. The van der Waals surface area contributed by atoms with Crippen molar-refractivity contribution in [3.05, 3.63) is 29.6 Å². The first-order chi connectivity index (χ1) is 7.25. The summed E-state index contributed by atoms with van der Waals surface area (Å²) in [5, 5.41) is 4.36. The van der Waals surface area contributed by atoms with Crippen molar-refractivity contribution in [2.24, 2.45) is 0 Å². The first kappa shape index (κ1) is 11.0. The Morgan fingerprint density at radius 1 is 1.53 bits per heavy atom. The molecule has 2 unspecified atom stereocenters. The maximum Gasteiger partial charge on any atom is 0.0372 e. The van der Waals surface area contributed by atoms with Gasteiger partial charge in [-0.3, -0.25) is 4.98 Å². The van der Waals surface area contributed by atoms with E-state index in [1.807, 2.05) is 13.1 Å². The van der Waals surface area contributed by atoms with Gasteiger partial charge in [-0.05, 0) is 30.7 Å². The van der Waals surface area contributed by atoms with Gasteiger partial charge in [0.25, 0.3) is 0 Å². The highest BCUT2D eigenvalue weighted by Gasteiger charge is 2.22. The summed E-state index contributed by atoms with van der Waals surface area (Å²) < 4.78 is 0. The van der Waals surface area contributed by atoms with E-state index in [9.17, 15) is 0 Å². The minimum Gasteiger partial charge on any atom is -0.309 e. The van der Waals surface area contributed by atoms with E-state index in [1.165, 1.54) is 17.7 Å². The van der Waals surface area contributed by atoms with Crippen molar-refractivity contribution >= 4 is 11.8 Å². The Hall–Kier alpha value is -0.540. The van der Waals surface area contributed by atoms with E-state index in [2.05, 4.69) is 41.1 Å². The molecule has 1 aliphatic heterocycles. The average Bonchev–Trinajstić information content (AvgIpc) is 2.63. The highest BCUT2D eigenvalue weighted by molar-refractivity contribution is 8.00. The topological polar surface area (TPSA) is 24.9 Å². The molecule has 2 rings (SSSR count). The molecule has 2 nitrogen and oxygen atoms in total. The molecule has 1 N–H and O–H groups in total. The lowest BCUT2D eigenvalue weighted by molar-refractivity contribution is 0.512. The molecule has 0 bridgehead atoms. The van der Waals surface area contributed by atoms with Gasteiger partial charge in [-0.2, -0.15) is 11.8 Å². The molecule has 1 saturated heterocycles. The Morgan fingerprint density at radius 3 is 3.00 bits per heavy atom. The molecule has 2 atom stereocenters. The number of aromatic nitrogens is 1. The summed E-state index contributed by atoms with van der Waals surface area (Å²) >= 11 is 2.06. The minimum absolute atomic E-state index is 0.677. The van der Waals surface area contributed by atoms with E-state index in [4.69, 9.17) is 0 Å². The molecule has 1 aromatic heterocycles. The average molecular weight is 222 g/mol. The molecule has 1 aliphatic rings. The number of thioether (sulfide) groups is 1. The second kappa shape index (κ2) is 4.99. The fourth-order valence-corrected chi connectivity index (χ4v) is 3.08. The molecular formula is C12H18N2S. The molecule has 0 aliphatic carbocycles. The first-order valence-electron chi connectivity index (χ1n) is 5.52. The van der Waals surface area contributed by atoms with Crippen LogP contribution in [0.15, 0.2) is 18.3 Å². The van der Waals surface area contributed by atoms with Crippen molar-refractivity contribution in [1.29, 1.82) is 0 Å². The standard InChI is InChI=1S/C12H18N2S/c1-9-3-4-11(7-13-9)8-14-12-5-6-15-10(12)2/h3-4,7,10,12,14H,5-6,8H2,1-2H3. The van der Waals surface area contributed by atoms with Gasteiger partial charge >= 0.3 is 0 Å². The Morgan fingerprint density at radius 2 is 2.40 bits per heavy atom. The third-order valence-electron chi connectivity index (χ3n) is 2.92. The molecule has 0 amide bonds. The maximum atomic E-state index is 4.30. The Balaban J connectivity index is 1.85. The summed E-state index contributed by atoms with van der Waals surface area (Å²) in [5.41, 5.74) is 2.37. The van der Waals surface area contributed by atoms with Crippen molar-refractivity contribution in [2.75, 3.05) is 5.75 Å². The van der Waals surface area contributed by atoms with Gasteiger partial charge in [-0.15, -0.1) is 0 Å². The van der Waals surface area contributed by atoms with Gasteiger partial charge < -0.3 is 5.32 Å². The van der Waals surface area contributed by atoms with Crippen LogP contribution in [0.1, 0.15) is 24.6 Å². The third-order valence-corrected chi connectivity index (χ3v) is 4.24. The third kappa shape index (κ3) is 2.95. The Kier molecular flexibility index (Phi) is 3.65. The fourth-order valence-electron chi connectivity index (χ4n) is 1.85. The van der Waals surface area contributed by atoms with Crippen LogP contribution in [0.5, 0.6) is 0 Å². The molecule has 3 heteroatoms. The van der Waals surface area contributed by atoms with E-state index in [0.29, 0.717) is 6.04 Å². The second-order valence-corrected chi connectivity index (χ2v) is 5.64. The van der Waals surface area contributed by atoms with Crippen LogP contribution < -0.4 is 5.32 Å². The number of hydrogen-bond acceptors (Lipinski definition) is 3. The highest BCUT2D eigenvalue weighted by Crippen LogP contribution is 2.26. The Labute approximate surface area is 95.9 Å². The second-order valence-electron chi connectivity index (χ2n) is 4.16. The van der Waals surface area contributed by atoms with Crippen molar-refractivity contribution in [1.82, 2.24) is 10.3 Å². The van der Waals surface area contributed by atoms with Crippen LogP contribution in [0.3, 0.4) is 0 Å². The van der Waals surface area contributed by atoms with Gasteiger partial charge in [0.15, 0.2) is 0 Å². The molecule has 2 heterocycles. The number of nitrogens with one attached hydrogen (secondary N) is 1. The van der Waals surface area contributed by atoms with E-state index in [1.54, 1.807) is 0 Å². The lowest BCUT2D eigenvalue weighted by Crippen LogP contribution is -2.32. The molecular weight excluding hydrogens is 204 g/mol. The van der Waals surface area contributed by atoms with Gasteiger partial charge in [-0.1, -0.05) is 13.0 Å². The molecule has 0 saturated carbocycles. The SMILES string of the molecule is Cc1ccc(CNC2CCSC2C)cn1. The van der Waals surface area contributed by atoms with Crippen molar-refractivity contribution in [3.8, 4) is 0 Å². The van der Waals surface area contributed by atoms with Crippen LogP contribution in [-0.2, 0) is 6.54 Å². The molecule has 1 fully saturated rings.